The minimum absolute atomic E-state index is 0.0498. The third-order valence-electron chi connectivity index (χ3n) is 1.98. The van der Waals surface area contributed by atoms with E-state index >= 15 is 0 Å². The van der Waals surface area contributed by atoms with Gasteiger partial charge >= 0.3 is 0 Å². The van der Waals surface area contributed by atoms with Gasteiger partial charge in [-0.3, -0.25) is 4.79 Å². The molecule has 0 saturated carbocycles. The predicted molar refractivity (Wildman–Crippen MR) is 53.4 cm³/mol. The zero-order valence-electron chi connectivity index (χ0n) is 8.40. The molecule has 0 saturated heterocycles. The molecule has 0 fully saturated rings. The molecule has 1 rings (SSSR count). The van der Waals surface area contributed by atoms with Gasteiger partial charge < -0.3 is 4.90 Å². The van der Waals surface area contributed by atoms with Crippen LogP contribution in [0.3, 0.4) is 0 Å². The molecule has 0 aliphatic rings. The maximum Gasteiger partial charge on any atom is 0.227 e. The first-order valence-corrected chi connectivity index (χ1v) is 4.49. The Morgan fingerprint density at radius 3 is 2.93 bits per heavy atom. The van der Waals surface area contributed by atoms with E-state index in [-0.39, 0.29) is 24.7 Å². The Labute approximate surface area is 87.7 Å². The average Bonchev–Trinajstić information content (AvgIpc) is 2.18. The van der Waals surface area contributed by atoms with Gasteiger partial charge in [-0.2, -0.15) is 5.26 Å². The lowest BCUT2D eigenvalue weighted by Crippen LogP contribution is -2.28. The van der Waals surface area contributed by atoms with Crippen molar-refractivity contribution in [2.75, 3.05) is 13.6 Å². The highest BCUT2D eigenvalue weighted by atomic mass is 19.1. The van der Waals surface area contributed by atoms with Crippen LogP contribution in [0.15, 0.2) is 24.3 Å². The van der Waals surface area contributed by atoms with Gasteiger partial charge in [-0.1, -0.05) is 12.1 Å². The van der Waals surface area contributed by atoms with Crippen LogP contribution in [0.4, 0.5) is 4.39 Å². The highest BCUT2D eigenvalue weighted by Crippen LogP contribution is 2.05. The summed E-state index contributed by atoms with van der Waals surface area (Å²) in [6.45, 7) is 0.0498. The molecular formula is C11H11FN2O. The van der Waals surface area contributed by atoms with Crippen LogP contribution < -0.4 is 0 Å². The van der Waals surface area contributed by atoms with E-state index in [1.165, 1.54) is 17.0 Å². The van der Waals surface area contributed by atoms with Crippen molar-refractivity contribution in [1.82, 2.24) is 4.90 Å². The van der Waals surface area contributed by atoms with Crippen LogP contribution in [0.2, 0.25) is 0 Å². The Morgan fingerprint density at radius 1 is 1.60 bits per heavy atom. The van der Waals surface area contributed by atoms with E-state index in [9.17, 15) is 9.18 Å². The molecule has 4 heteroatoms. The van der Waals surface area contributed by atoms with Crippen molar-refractivity contribution >= 4 is 5.91 Å². The molecule has 78 valence electrons. The number of hydrogen-bond donors (Lipinski definition) is 0. The van der Waals surface area contributed by atoms with Crippen LogP contribution in [0.1, 0.15) is 5.56 Å². The van der Waals surface area contributed by atoms with Crippen LogP contribution >= 0.6 is 0 Å². The zero-order chi connectivity index (χ0) is 11.3. The van der Waals surface area contributed by atoms with Crippen molar-refractivity contribution in [3.05, 3.63) is 35.6 Å². The second-order valence-electron chi connectivity index (χ2n) is 3.21. The molecule has 15 heavy (non-hydrogen) atoms. The molecule has 0 spiro atoms. The number of carbonyl (C=O) groups excluding carboxylic acids is 1. The molecule has 0 aromatic heterocycles. The number of amides is 1. The number of nitriles is 1. The lowest BCUT2D eigenvalue weighted by molar-refractivity contribution is -0.128. The first-order valence-electron chi connectivity index (χ1n) is 4.49. The number of halogens is 1. The molecule has 0 atom stereocenters. The lowest BCUT2D eigenvalue weighted by Gasteiger charge is -2.12. The van der Waals surface area contributed by atoms with Crippen LogP contribution in [0.5, 0.6) is 0 Å². The van der Waals surface area contributed by atoms with E-state index in [4.69, 9.17) is 5.26 Å². The minimum Gasteiger partial charge on any atom is -0.332 e. The van der Waals surface area contributed by atoms with E-state index in [0.29, 0.717) is 5.56 Å². The number of nitrogens with zero attached hydrogens (tertiary/aromatic N) is 2. The molecule has 0 unspecified atom stereocenters. The largest absolute Gasteiger partial charge is 0.332 e. The van der Waals surface area contributed by atoms with Gasteiger partial charge in [0.25, 0.3) is 0 Å². The molecule has 0 aliphatic carbocycles. The number of rotatable bonds is 3. The summed E-state index contributed by atoms with van der Waals surface area (Å²) in [7, 11) is 1.55. The SMILES string of the molecule is CN(CC#N)C(=O)Cc1cccc(F)c1. The molecule has 0 heterocycles. The van der Waals surface area contributed by atoms with Crippen LogP contribution in [-0.2, 0) is 11.2 Å². The van der Waals surface area contributed by atoms with Crippen molar-refractivity contribution in [1.29, 1.82) is 5.26 Å². The lowest BCUT2D eigenvalue weighted by atomic mass is 10.1. The number of benzene rings is 1. The molecule has 0 radical (unpaired) electrons. The van der Waals surface area contributed by atoms with Gasteiger partial charge in [0, 0.05) is 7.05 Å². The van der Waals surface area contributed by atoms with Gasteiger partial charge in [0.15, 0.2) is 0 Å². The van der Waals surface area contributed by atoms with Crippen molar-refractivity contribution in [3.8, 4) is 6.07 Å². The molecule has 1 amide bonds. The molecule has 1 aromatic rings. The van der Waals surface area contributed by atoms with Gasteiger partial charge in [-0.05, 0) is 17.7 Å². The Kier molecular flexibility index (Phi) is 3.81. The molecule has 0 bridgehead atoms. The summed E-state index contributed by atoms with van der Waals surface area (Å²) in [6, 6.07) is 7.76. The molecule has 1 aromatic carbocycles. The fourth-order valence-corrected chi connectivity index (χ4v) is 1.15. The summed E-state index contributed by atoms with van der Waals surface area (Å²) in [5, 5.41) is 8.39. The Hall–Kier alpha value is -1.89. The standard InChI is InChI=1S/C11H11FN2O/c1-14(6-5-13)11(15)8-9-3-2-4-10(12)7-9/h2-4,7H,6,8H2,1H3. The Balaban J connectivity index is 2.63. The predicted octanol–water partition coefficient (Wildman–Crippen LogP) is 1.35. The first kappa shape index (κ1) is 11.2. The number of carbonyl (C=O) groups is 1. The van der Waals surface area contributed by atoms with Gasteiger partial charge in [0.05, 0.1) is 12.5 Å². The fourth-order valence-electron chi connectivity index (χ4n) is 1.15. The van der Waals surface area contributed by atoms with Gasteiger partial charge in [-0.15, -0.1) is 0 Å². The third kappa shape index (κ3) is 3.39. The van der Waals surface area contributed by atoms with E-state index in [1.54, 1.807) is 19.2 Å². The summed E-state index contributed by atoms with van der Waals surface area (Å²) < 4.78 is 12.8. The van der Waals surface area contributed by atoms with Gasteiger partial charge in [0.1, 0.15) is 12.4 Å². The molecular weight excluding hydrogens is 195 g/mol. The van der Waals surface area contributed by atoms with Crippen LogP contribution in [0.25, 0.3) is 0 Å². The zero-order valence-corrected chi connectivity index (χ0v) is 8.40. The summed E-state index contributed by atoms with van der Waals surface area (Å²) in [5.74, 6) is -0.551. The van der Waals surface area contributed by atoms with E-state index < -0.39 is 0 Å². The van der Waals surface area contributed by atoms with Crippen LogP contribution in [-0.4, -0.2) is 24.4 Å². The normalized spacial score (nSPS) is 9.40. The molecule has 0 N–H and O–H groups in total. The number of hydrogen-bond acceptors (Lipinski definition) is 2. The summed E-state index contributed by atoms with van der Waals surface area (Å²) in [5.41, 5.74) is 0.616. The Bertz CT molecular complexity index is 398. The quantitative estimate of drug-likeness (QED) is 0.701. The smallest absolute Gasteiger partial charge is 0.227 e. The second-order valence-corrected chi connectivity index (χ2v) is 3.21. The second kappa shape index (κ2) is 5.11. The van der Waals surface area contributed by atoms with Crippen molar-refractivity contribution in [2.45, 2.75) is 6.42 Å². The summed E-state index contributed by atoms with van der Waals surface area (Å²) >= 11 is 0. The molecule has 0 aliphatic heterocycles. The Morgan fingerprint density at radius 2 is 2.33 bits per heavy atom. The van der Waals surface area contributed by atoms with Crippen LogP contribution in [0, 0.1) is 17.1 Å². The van der Waals surface area contributed by atoms with Crippen molar-refractivity contribution in [3.63, 3.8) is 0 Å². The average molecular weight is 206 g/mol. The maximum absolute atomic E-state index is 12.8. The summed E-state index contributed by atoms with van der Waals surface area (Å²) in [6.07, 6.45) is 0.121. The van der Waals surface area contributed by atoms with E-state index in [2.05, 4.69) is 0 Å². The maximum atomic E-state index is 12.8. The van der Waals surface area contributed by atoms with E-state index in [1.807, 2.05) is 6.07 Å². The molecule has 3 nitrogen and oxygen atoms in total. The van der Waals surface area contributed by atoms with Crippen molar-refractivity contribution < 1.29 is 9.18 Å². The monoisotopic (exact) mass is 206 g/mol. The fraction of sp³-hybridized carbons (Fsp3) is 0.273. The van der Waals surface area contributed by atoms with Gasteiger partial charge in [-0.25, -0.2) is 4.39 Å². The van der Waals surface area contributed by atoms with Crippen molar-refractivity contribution in [2.24, 2.45) is 0 Å². The third-order valence-corrected chi connectivity index (χ3v) is 1.98. The summed E-state index contributed by atoms with van der Waals surface area (Å²) in [4.78, 5) is 12.8. The first-order chi connectivity index (χ1) is 7.13. The minimum atomic E-state index is -0.358. The highest BCUT2D eigenvalue weighted by molar-refractivity contribution is 5.78. The highest BCUT2D eigenvalue weighted by Gasteiger charge is 2.08. The number of likely N-dealkylation sites (N-methyl/N-ethyl adjacent to an activating group) is 1. The topological polar surface area (TPSA) is 44.1 Å². The van der Waals surface area contributed by atoms with Gasteiger partial charge in [0.2, 0.25) is 5.91 Å². The van der Waals surface area contributed by atoms with E-state index in [0.717, 1.165) is 0 Å².